The number of fused-ring (bicyclic) bond motifs is 3. The molecular formula is C19H20N6OS. The molecule has 1 fully saturated rings. The Hall–Kier alpha value is -2.74. The average molecular weight is 380 g/mol. The van der Waals surface area contributed by atoms with Crippen LogP contribution in [-0.4, -0.2) is 38.8 Å². The van der Waals surface area contributed by atoms with Crippen LogP contribution >= 0.6 is 11.3 Å². The zero-order valence-corrected chi connectivity index (χ0v) is 15.6. The molecule has 0 bridgehead atoms. The number of likely N-dealkylation sites (tertiary alicyclic amines) is 1. The largest absolute Gasteiger partial charge is 0.375 e. The molecule has 7 nitrogen and oxygen atoms in total. The number of anilines is 2. The lowest BCUT2D eigenvalue weighted by Crippen LogP contribution is -2.48. The lowest BCUT2D eigenvalue weighted by atomic mass is 9.77. The van der Waals surface area contributed by atoms with E-state index in [1.807, 2.05) is 29.3 Å². The Morgan fingerprint density at radius 1 is 1.22 bits per heavy atom. The third kappa shape index (κ3) is 2.63. The number of carbonyl (C=O) groups excluding carboxylic acids is 1. The Kier molecular flexibility index (Phi) is 3.58. The van der Waals surface area contributed by atoms with Gasteiger partial charge in [-0.1, -0.05) is 11.3 Å². The number of nitrogens with zero attached hydrogens (tertiary/aromatic N) is 4. The van der Waals surface area contributed by atoms with Crippen LogP contribution in [0.1, 0.15) is 40.9 Å². The van der Waals surface area contributed by atoms with E-state index in [-0.39, 0.29) is 11.3 Å². The molecule has 1 atom stereocenters. The summed E-state index contributed by atoms with van der Waals surface area (Å²) in [5.74, 6) is 0.350. The van der Waals surface area contributed by atoms with Gasteiger partial charge >= 0.3 is 0 Å². The van der Waals surface area contributed by atoms with Gasteiger partial charge in [-0.15, -0.1) is 0 Å². The van der Waals surface area contributed by atoms with Gasteiger partial charge < -0.3 is 16.4 Å². The molecule has 8 heteroatoms. The fraction of sp³-hybridized carbons (Fsp3) is 0.368. The van der Waals surface area contributed by atoms with Crippen molar-refractivity contribution in [2.75, 3.05) is 24.6 Å². The van der Waals surface area contributed by atoms with Gasteiger partial charge in [0.1, 0.15) is 0 Å². The van der Waals surface area contributed by atoms with E-state index in [1.54, 1.807) is 0 Å². The maximum Gasteiger partial charge on any atom is 0.253 e. The lowest BCUT2D eigenvalue weighted by Gasteiger charge is -2.40. The smallest absolute Gasteiger partial charge is 0.253 e. The second kappa shape index (κ2) is 5.88. The predicted molar refractivity (Wildman–Crippen MR) is 106 cm³/mol. The molecule has 3 aromatic rings. The van der Waals surface area contributed by atoms with E-state index in [1.165, 1.54) is 11.3 Å². The van der Waals surface area contributed by atoms with Gasteiger partial charge in [0, 0.05) is 30.3 Å². The molecule has 1 spiro atoms. The van der Waals surface area contributed by atoms with Gasteiger partial charge in [-0.25, -0.2) is 15.0 Å². The number of nitrogen functional groups attached to an aromatic ring is 2. The summed E-state index contributed by atoms with van der Waals surface area (Å²) in [6.07, 6.45) is 5.77. The highest BCUT2D eigenvalue weighted by Crippen LogP contribution is 2.44. The number of aryl methyl sites for hydroxylation is 1. The van der Waals surface area contributed by atoms with E-state index in [4.69, 9.17) is 11.5 Å². The van der Waals surface area contributed by atoms with Crippen molar-refractivity contribution in [3.05, 3.63) is 41.2 Å². The Morgan fingerprint density at radius 3 is 3.00 bits per heavy atom. The molecule has 1 aliphatic heterocycles. The molecule has 3 heterocycles. The molecule has 4 N–H and O–H groups in total. The zero-order valence-electron chi connectivity index (χ0n) is 14.8. The second-order valence-electron chi connectivity index (χ2n) is 7.45. The van der Waals surface area contributed by atoms with Crippen LogP contribution in [0.15, 0.2) is 24.4 Å². The number of nitrogens with two attached hydrogens (primary N) is 2. The number of piperidine rings is 1. The fourth-order valence-electron chi connectivity index (χ4n) is 4.52. The van der Waals surface area contributed by atoms with Gasteiger partial charge in [-0.2, -0.15) is 0 Å². The highest BCUT2D eigenvalue weighted by Gasteiger charge is 2.44. The SMILES string of the molecule is Nc1ncc2c(n1)C1(CCCN(C(=O)c3ccc4sc(N)nc4c3)C1)CC2. The van der Waals surface area contributed by atoms with Crippen LogP contribution in [0.2, 0.25) is 0 Å². The topological polar surface area (TPSA) is 111 Å². The van der Waals surface area contributed by atoms with E-state index in [9.17, 15) is 4.79 Å². The van der Waals surface area contributed by atoms with E-state index >= 15 is 0 Å². The molecule has 2 aromatic heterocycles. The Bertz CT molecular complexity index is 1060. The number of carbonyl (C=O) groups is 1. The number of rotatable bonds is 1. The van der Waals surface area contributed by atoms with Crippen molar-refractivity contribution in [2.24, 2.45) is 0 Å². The van der Waals surface area contributed by atoms with Crippen LogP contribution in [0.5, 0.6) is 0 Å². The van der Waals surface area contributed by atoms with Crippen molar-refractivity contribution in [3.8, 4) is 0 Å². The van der Waals surface area contributed by atoms with E-state index in [2.05, 4.69) is 15.0 Å². The number of hydrogen-bond acceptors (Lipinski definition) is 7. The zero-order chi connectivity index (χ0) is 18.6. The summed E-state index contributed by atoms with van der Waals surface area (Å²) in [5.41, 5.74) is 15.2. The summed E-state index contributed by atoms with van der Waals surface area (Å²) >= 11 is 1.43. The first-order valence-electron chi connectivity index (χ1n) is 9.11. The maximum absolute atomic E-state index is 13.2. The van der Waals surface area contributed by atoms with Crippen LogP contribution in [0.3, 0.4) is 0 Å². The molecule has 1 unspecified atom stereocenters. The van der Waals surface area contributed by atoms with Gasteiger partial charge in [-0.05, 0) is 49.4 Å². The first-order chi connectivity index (χ1) is 13.0. The van der Waals surface area contributed by atoms with Crippen LogP contribution in [0.4, 0.5) is 11.1 Å². The van der Waals surface area contributed by atoms with Crippen molar-refractivity contribution in [2.45, 2.75) is 31.1 Å². The van der Waals surface area contributed by atoms with Gasteiger partial charge in [0.15, 0.2) is 5.13 Å². The summed E-state index contributed by atoms with van der Waals surface area (Å²) in [7, 11) is 0. The van der Waals surface area contributed by atoms with Gasteiger partial charge in [0.05, 0.1) is 15.9 Å². The van der Waals surface area contributed by atoms with Gasteiger partial charge in [0.25, 0.3) is 5.91 Å². The normalized spacial score (nSPS) is 21.7. The Morgan fingerprint density at radius 2 is 2.11 bits per heavy atom. The summed E-state index contributed by atoms with van der Waals surface area (Å²) in [6, 6.07) is 5.63. The third-order valence-electron chi connectivity index (χ3n) is 5.77. The van der Waals surface area contributed by atoms with Crippen molar-refractivity contribution in [1.82, 2.24) is 19.9 Å². The summed E-state index contributed by atoms with van der Waals surface area (Å²) in [6.45, 7) is 1.43. The number of amides is 1. The molecule has 27 heavy (non-hydrogen) atoms. The van der Waals surface area contributed by atoms with E-state index in [0.717, 1.165) is 53.7 Å². The molecule has 0 radical (unpaired) electrons. The Labute approximate surface area is 160 Å². The summed E-state index contributed by atoms with van der Waals surface area (Å²) < 4.78 is 0.996. The van der Waals surface area contributed by atoms with E-state index < -0.39 is 0 Å². The molecule has 1 saturated heterocycles. The standard InChI is InChI=1S/C19H20N6OS/c20-17-22-9-12-4-6-19(15(12)24-17)5-1-7-25(10-19)16(26)11-2-3-14-13(8-11)23-18(21)27-14/h2-3,8-9H,1,4-7,10H2,(H2,21,23)(H2,20,22,24). The summed E-state index contributed by atoms with van der Waals surface area (Å²) in [5, 5.41) is 0.520. The Balaban J connectivity index is 1.46. The van der Waals surface area contributed by atoms with Crippen LogP contribution in [0.25, 0.3) is 10.2 Å². The molecule has 1 amide bonds. The van der Waals surface area contributed by atoms with E-state index in [0.29, 0.717) is 23.2 Å². The third-order valence-corrected chi connectivity index (χ3v) is 6.64. The monoisotopic (exact) mass is 380 g/mol. The number of hydrogen-bond donors (Lipinski definition) is 2. The van der Waals surface area contributed by atoms with Crippen molar-refractivity contribution >= 4 is 38.5 Å². The first-order valence-corrected chi connectivity index (χ1v) is 9.93. The fourth-order valence-corrected chi connectivity index (χ4v) is 5.23. The average Bonchev–Trinajstić information content (AvgIpc) is 3.20. The van der Waals surface area contributed by atoms with Crippen molar-refractivity contribution in [3.63, 3.8) is 0 Å². The minimum Gasteiger partial charge on any atom is -0.375 e. The quantitative estimate of drug-likeness (QED) is 0.670. The number of benzene rings is 1. The van der Waals surface area contributed by atoms with Gasteiger partial charge in [0.2, 0.25) is 5.95 Å². The van der Waals surface area contributed by atoms with Crippen LogP contribution < -0.4 is 11.5 Å². The molecule has 138 valence electrons. The highest BCUT2D eigenvalue weighted by molar-refractivity contribution is 7.22. The van der Waals surface area contributed by atoms with Crippen molar-refractivity contribution in [1.29, 1.82) is 0 Å². The lowest BCUT2D eigenvalue weighted by molar-refractivity contribution is 0.0633. The minimum atomic E-state index is -0.102. The van der Waals surface area contributed by atoms with Crippen molar-refractivity contribution < 1.29 is 4.79 Å². The van der Waals surface area contributed by atoms with Gasteiger partial charge in [-0.3, -0.25) is 4.79 Å². The number of aromatic nitrogens is 3. The first kappa shape index (κ1) is 16.4. The minimum absolute atomic E-state index is 0.0398. The molecule has 1 aromatic carbocycles. The van der Waals surface area contributed by atoms with Crippen LogP contribution in [-0.2, 0) is 11.8 Å². The maximum atomic E-state index is 13.2. The molecule has 1 aliphatic carbocycles. The van der Waals surface area contributed by atoms with Crippen LogP contribution in [0, 0.1) is 0 Å². The second-order valence-corrected chi connectivity index (χ2v) is 8.51. The molecule has 2 aliphatic rings. The predicted octanol–water partition coefficient (Wildman–Crippen LogP) is 2.37. The summed E-state index contributed by atoms with van der Waals surface area (Å²) in [4.78, 5) is 28.1. The number of thiazole rings is 1. The molecule has 0 saturated carbocycles. The molecular weight excluding hydrogens is 360 g/mol. The highest BCUT2D eigenvalue weighted by atomic mass is 32.1. The molecule has 5 rings (SSSR count).